The largest absolute Gasteiger partial charge is 0.519 e. The summed E-state index contributed by atoms with van der Waals surface area (Å²) >= 11 is 10.9. The summed E-state index contributed by atoms with van der Waals surface area (Å²) in [6.45, 7) is 1.63. The highest BCUT2D eigenvalue weighted by Gasteiger charge is 2.61. The van der Waals surface area contributed by atoms with E-state index in [-0.39, 0.29) is 67.5 Å². The average molecular weight is 576 g/mol. The molecule has 15 heteroatoms. The number of cyclic esters (lactones) is 1. The van der Waals surface area contributed by atoms with E-state index in [4.69, 9.17) is 41.5 Å². The Morgan fingerprint density at radius 3 is 2.37 bits per heavy atom. The standard InChI is InChI=1S/C23H21Cl2F2N3O8/c1-9-16(38-23(34)36-9)8-35-21(32)17-12-6-29(7-13(12)17)18-14(26)2-10(3-15(18)27)30-5-11(37-22(30)33)4-28-20(31)19(24)25/h2-3,11-13,17,19H,4-8H2,1H3,(H,28,31)/t11?,12-,13+,17?. The van der Waals surface area contributed by atoms with Gasteiger partial charge >= 0.3 is 17.9 Å². The molecule has 1 aromatic carbocycles. The smallest absolute Gasteiger partial charge is 0.457 e. The van der Waals surface area contributed by atoms with Crippen LogP contribution >= 0.6 is 23.2 Å². The van der Waals surface area contributed by atoms with Crippen molar-refractivity contribution in [1.82, 2.24) is 5.32 Å². The van der Waals surface area contributed by atoms with Crippen LogP contribution in [0.15, 0.2) is 25.8 Å². The monoisotopic (exact) mass is 575 g/mol. The molecule has 2 aliphatic heterocycles. The SMILES string of the molecule is Cc1oc(=O)oc1COC(=O)C1[C@H]2CN(c3c(F)cc(N4CC(CNC(=O)C(Cl)Cl)OC4=O)cc3F)C[C@@H]12. The molecule has 0 spiro atoms. The summed E-state index contributed by atoms with van der Waals surface area (Å²) in [5, 5.41) is 2.41. The molecule has 11 nitrogen and oxygen atoms in total. The number of carbonyl (C=O) groups is 3. The van der Waals surface area contributed by atoms with Crippen molar-refractivity contribution >= 4 is 52.5 Å². The normalized spacial score (nSPS) is 24.0. The van der Waals surface area contributed by atoms with E-state index in [1.807, 2.05) is 0 Å². The molecule has 204 valence electrons. The quantitative estimate of drug-likeness (QED) is 0.372. The number of hydrogen-bond donors (Lipinski definition) is 1. The number of nitrogens with zero attached hydrogens (tertiary/aromatic N) is 2. The summed E-state index contributed by atoms with van der Waals surface area (Å²) in [6.07, 6.45) is -1.59. The van der Waals surface area contributed by atoms with Crippen LogP contribution in [-0.2, 0) is 25.7 Å². The summed E-state index contributed by atoms with van der Waals surface area (Å²) < 4.78 is 50.0. The fourth-order valence-corrected chi connectivity index (χ4v) is 5.09. The highest BCUT2D eigenvalue weighted by Crippen LogP contribution is 2.53. The molecule has 1 aromatic heterocycles. The number of ether oxygens (including phenoxy) is 2. The number of amides is 2. The minimum atomic E-state index is -1.29. The number of anilines is 2. The van der Waals surface area contributed by atoms with Gasteiger partial charge in [0, 0.05) is 25.2 Å². The van der Waals surface area contributed by atoms with E-state index >= 15 is 8.78 Å². The molecule has 5 rings (SSSR count). The molecule has 4 atom stereocenters. The minimum Gasteiger partial charge on any atom is -0.457 e. The van der Waals surface area contributed by atoms with Gasteiger partial charge in [-0.3, -0.25) is 14.5 Å². The molecule has 2 aromatic rings. The molecule has 1 aliphatic carbocycles. The van der Waals surface area contributed by atoms with E-state index in [9.17, 15) is 19.2 Å². The highest BCUT2D eigenvalue weighted by molar-refractivity contribution is 6.53. The van der Waals surface area contributed by atoms with Crippen LogP contribution in [0.25, 0.3) is 0 Å². The summed E-state index contributed by atoms with van der Waals surface area (Å²) in [6, 6.07) is 2.07. The zero-order chi connectivity index (χ0) is 27.3. The Bertz CT molecular complexity index is 1310. The first-order valence-electron chi connectivity index (χ1n) is 11.6. The number of aryl methyl sites for hydroxylation is 1. The lowest BCUT2D eigenvalue weighted by molar-refractivity contribution is -0.147. The third-order valence-corrected chi connectivity index (χ3v) is 7.25. The minimum absolute atomic E-state index is 0.0397. The molecule has 1 saturated carbocycles. The number of esters is 1. The molecule has 0 bridgehead atoms. The van der Waals surface area contributed by atoms with Gasteiger partial charge in [-0.05, 0) is 18.8 Å². The van der Waals surface area contributed by atoms with E-state index in [1.165, 1.54) is 11.8 Å². The van der Waals surface area contributed by atoms with Crippen molar-refractivity contribution in [3.05, 3.63) is 45.9 Å². The Kier molecular flexibility index (Phi) is 6.99. The van der Waals surface area contributed by atoms with Crippen LogP contribution in [-0.4, -0.2) is 55.1 Å². The first-order valence-corrected chi connectivity index (χ1v) is 12.4. The van der Waals surface area contributed by atoms with Crippen molar-refractivity contribution in [3.63, 3.8) is 0 Å². The van der Waals surface area contributed by atoms with Gasteiger partial charge in [-0.2, -0.15) is 0 Å². The first kappa shape index (κ1) is 26.3. The van der Waals surface area contributed by atoms with Gasteiger partial charge in [-0.25, -0.2) is 18.4 Å². The van der Waals surface area contributed by atoms with Crippen LogP contribution in [0.4, 0.5) is 25.0 Å². The van der Waals surface area contributed by atoms with Crippen LogP contribution in [0.5, 0.6) is 0 Å². The molecule has 0 radical (unpaired) electrons. The Hall–Kier alpha value is -3.32. The molecular weight excluding hydrogens is 555 g/mol. The molecule has 3 fully saturated rings. The van der Waals surface area contributed by atoms with Gasteiger partial charge in [0.2, 0.25) is 0 Å². The third kappa shape index (κ3) is 5.04. The zero-order valence-electron chi connectivity index (χ0n) is 19.7. The van der Waals surface area contributed by atoms with E-state index in [0.717, 1.165) is 17.0 Å². The molecule has 2 amide bonds. The maximum Gasteiger partial charge on any atom is 0.519 e. The molecule has 2 unspecified atom stereocenters. The maximum absolute atomic E-state index is 15.0. The first-order chi connectivity index (χ1) is 18.0. The summed E-state index contributed by atoms with van der Waals surface area (Å²) in [5.74, 6) is -4.12. The number of carbonyl (C=O) groups excluding carboxylic acids is 3. The zero-order valence-corrected chi connectivity index (χ0v) is 21.3. The van der Waals surface area contributed by atoms with Crippen molar-refractivity contribution < 1.29 is 41.5 Å². The lowest BCUT2D eigenvalue weighted by Crippen LogP contribution is -2.37. The fraction of sp³-hybridized carbons (Fsp3) is 0.478. The van der Waals surface area contributed by atoms with Crippen LogP contribution < -0.4 is 20.9 Å². The Labute approximate surface area is 223 Å². The second kappa shape index (κ2) is 10.1. The van der Waals surface area contributed by atoms with Crippen LogP contribution in [0, 0.1) is 36.3 Å². The number of nitrogens with one attached hydrogen (secondary N) is 1. The predicted octanol–water partition coefficient (Wildman–Crippen LogP) is 2.49. The summed E-state index contributed by atoms with van der Waals surface area (Å²) in [5.41, 5.74) is -0.294. The van der Waals surface area contributed by atoms with Gasteiger partial charge in [0.15, 0.2) is 34.6 Å². The lowest BCUT2D eigenvalue weighted by atomic mass is 10.2. The van der Waals surface area contributed by atoms with Crippen molar-refractivity contribution in [2.45, 2.75) is 24.5 Å². The van der Waals surface area contributed by atoms with Gasteiger partial charge in [0.05, 0.1) is 24.7 Å². The van der Waals surface area contributed by atoms with Crippen LogP contribution in [0.1, 0.15) is 11.5 Å². The number of hydrogen-bond acceptors (Lipinski definition) is 9. The van der Waals surface area contributed by atoms with Crippen molar-refractivity contribution in [2.75, 3.05) is 36.0 Å². The number of halogens is 4. The van der Waals surface area contributed by atoms with Crippen LogP contribution in [0.3, 0.4) is 0 Å². The van der Waals surface area contributed by atoms with Gasteiger partial charge in [-0.1, -0.05) is 23.2 Å². The highest BCUT2D eigenvalue weighted by atomic mass is 35.5. The van der Waals surface area contributed by atoms with Gasteiger partial charge in [0.1, 0.15) is 11.8 Å². The molecule has 3 aliphatic rings. The molecule has 38 heavy (non-hydrogen) atoms. The molecule has 1 N–H and O–H groups in total. The Balaban J connectivity index is 1.17. The Morgan fingerprint density at radius 2 is 1.79 bits per heavy atom. The van der Waals surface area contributed by atoms with Gasteiger partial charge in [0.25, 0.3) is 5.91 Å². The molecule has 3 heterocycles. The predicted molar refractivity (Wildman–Crippen MR) is 127 cm³/mol. The van der Waals surface area contributed by atoms with E-state index in [0.29, 0.717) is 0 Å². The van der Waals surface area contributed by atoms with Crippen molar-refractivity contribution in [1.29, 1.82) is 0 Å². The Morgan fingerprint density at radius 1 is 1.13 bits per heavy atom. The number of rotatable bonds is 8. The number of piperidine rings is 1. The second-order valence-electron chi connectivity index (χ2n) is 9.22. The van der Waals surface area contributed by atoms with E-state index in [2.05, 4.69) is 5.32 Å². The van der Waals surface area contributed by atoms with E-state index < -0.39 is 52.3 Å². The summed E-state index contributed by atoms with van der Waals surface area (Å²) in [4.78, 5) is 48.6. The van der Waals surface area contributed by atoms with Gasteiger partial charge in [-0.15, -0.1) is 0 Å². The van der Waals surface area contributed by atoms with Crippen molar-refractivity contribution in [3.8, 4) is 0 Å². The second-order valence-corrected chi connectivity index (χ2v) is 10.3. The maximum atomic E-state index is 15.0. The lowest BCUT2D eigenvalue weighted by Gasteiger charge is -2.24. The molecule has 2 saturated heterocycles. The average Bonchev–Trinajstić information content (AvgIpc) is 3.13. The van der Waals surface area contributed by atoms with Gasteiger partial charge < -0.3 is 28.5 Å². The summed E-state index contributed by atoms with van der Waals surface area (Å²) in [7, 11) is 0. The van der Waals surface area contributed by atoms with E-state index in [1.54, 1.807) is 0 Å². The molecular formula is C23H21Cl2F2N3O8. The van der Waals surface area contributed by atoms with Crippen molar-refractivity contribution in [2.24, 2.45) is 17.8 Å². The number of alkyl halides is 2. The fourth-order valence-electron chi connectivity index (χ4n) is 4.94. The number of benzene rings is 1. The van der Waals surface area contributed by atoms with Crippen LogP contribution in [0.2, 0.25) is 0 Å². The third-order valence-electron chi connectivity index (χ3n) is 6.85. The number of fused-ring (bicyclic) bond motifs is 1. The topological polar surface area (TPSA) is 132 Å².